The van der Waals surface area contributed by atoms with E-state index in [1.807, 2.05) is 19.1 Å². The van der Waals surface area contributed by atoms with Gasteiger partial charge in [0.25, 0.3) is 0 Å². The molecule has 0 aromatic carbocycles. The van der Waals surface area contributed by atoms with Gasteiger partial charge in [0.15, 0.2) is 0 Å². The Morgan fingerprint density at radius 3 is 3.00 bits per heavy atom. The number of nitrogens with zero attached hydrogens (tertiary/aromatic N) is 2. The molecule has 0 radical (unpaired) electrons. The molecule has 0 amide bonds. The van der Waals surface area contributed by atoms with Crippen molar-refractivity contribution in [1.82, 2.24) is 4.98 Å². The Hall–Kier alpha value is -1.38. The lowest BCUT2D eigenvalue weighted by molar-refractivity contribution is 0.321. The normalized spacial score (nSPS) is 10.6. The predicted molar refractivity (Wildman–Crippen MR) is 43.0 cm³/mol. The molecule has 0 aliphatic carbocycles. The summed E-state index contributed by atoms with van der Waals surface area (Å²) in [6.45, 7) is 1.93. The van der Waals surface area contributed by atoms with Crippen molar-refractivity contribution in [2.45, 2.75) is 13.3 Å². The second-order valence-corrected chi connectivity index (χ2v) is 2.31. The van der Waals surface area contributed by atoms with Crippen LogP contribution in [0.1, 0.15) is 11.3 Å². The van der Waals surface area contributed by atoms with Crippen LogP contribution in [0.25, 0.3) is 0 Å². The largest absolute Gasteiger partial charge is 0.411 e. The highest BCUT2D eigenvalue weighted by Gasteiger charge is 1.89. The lowest BCUT2D eigenvalue weighted by atomic mass is 10.2. The Morgan fingerprint density at radius 1 is 1.64 bits per heavy atom. The van der Waals surface area contributed by atoms with Crippen molar-refractivity contribution in [2.24, 2.45) is 5.16 Å². The average molecular weight is 150 g/mol. The van der Waals surface area contributed by atoms with Crippen LogP contribution in [-0.4, -0.2) is 16.4 Å². The van der Waals surface area contributed by atoms with Crippen molar-refractivity contribution in [3.63, 3.8) is 0 Å². The van der Waals surface area contributed by atoms with Gasteiger partial charge in [-0.25, -0.2) is 0 Å². The molecule has 1 heterocycles. The van der Waals surface area contributed by atoms with Gasteiger partial charge in [0.1, 0.15) is 0 Å². The van der Waals surface area contributed by atoms with Crippen LogP contribution in [-0.2, 0) is 6.42 Å². The highest BCUT2D eigenvalue weighted by Crippen LogP contribution is 1.98. The number of rotatable bonds is 2. The van der Waals surface area contributed by atoms with Crippen LogP contribution in [0.2, 0.25) is 0 Å². The summed E-state index contributed by atoms with van der Waals surface area (Å²) >= 11 is 0. The van der Waals surface area contributed by atoms with Crippen LogP contribution >= 0.6 is 0 Å². The van der Waals surface area contributed by atoms with E-state index >= 15 is 0 Å². The standard InChI is InChI=1S/C8H10N2O/c1-7-2-3-8(6-9-7)4-5-10-11/h2-3,5-6,11H,4H2,1H3/b10-5+. The topological polar surface area (TPSA) is 45.5 Å². The fourth-order valence-corrected chi connectivity index (χ4v) is 0.765. The lowest BCUT2D eigenvalue weighted by Crippen LogP contribution is -1.88. The Kier molecular flexibility index (Phi) is 2.60. The summed E-state index contributed by atoms with van der Waals surface area (Å²) in [5, 5.41) is 11.0. The molecule has 0 saturated heterocycles. The Balaban J connectivity index is 2.66. The third kappa shape index (κ3) is 2.37. The summed E-state index contributed by atoms with van der Waals surface area (Å²) in [7, 11) is 0. The second kappa shape index (κ2) is 3.71. The Bertz CT molecular complexity index is 241. The fraction of sp³-hybridized carbons (Fsp3) is 0.250. The summed E-state index contributed by atoms with van der Waals surface area (Å²) < 4.78 is 0. The van der Waals surface area contributed by atoms with E-state index in [9.17, 15) is 0 Å². The molecule has 0 aliphatic rings. The van der Waals surface area contributed by atoms with Gasteiger partial charge >= 0.3 is 0 Å². The smallest absolute Gasteiger partial charge is 0.0480 e. The molecule has 3 nitrogen and oxygen atoms in total. The van der Waals surface area contributed by atoms with Crippen LogP contribution in [0.15, 0.2) is 23.5 Å². The highest BCUT2D eigenvalue weighted by molar-refractivity contribution is 5.60. The Morgan fingerprint density at radius 2 is 2.45 bits per heavy atom. The molecule has 58 valence electrons. The van der Waals surface area contributed by atoms with E-state index in [0.29, 0.717) is 6.42 Å². The Labute approximate surface area is 65.4 Å². The molecule has 0 aliphatic heterocycles. The number of pyridine rings is 1. The van der Waals surface area contributed by atoms with Gasteiger partial charge in [0.05, 0.1) is 0 Å². The molecular formula is C8H10N2O. The molecule has 11 heavy (non-hydrogen) atoms. The summed E-state index contributed by atoms with van der Waals surface area (Å²) in [5.74, 6) is 0. The molecule has 0 unspecified atom stereocenters. The van der Waals surface area contributed by atoms with Crippen molar-refractivity contribution in [3.8, 4) is 0 Å². The first kappa shape index (κ1) is 7.72. The molecule has 1 rings (SSSR count). The maximum Gasteiger partial charge on any atom is 0.0480 e. The molecule has 1 N–H and O–H groups in total. The van der Waals surface area contributed by atoms with E-state index in [2.05, 4.69) is 10.1 Å². The highest BCUT2D eigenvalue weighted by atomic mass is 16.4. The van der Waals surface area contributed by atoms with Gasteiger partial charge < -0.3 is 5.21 Å². The van der Waals surface area contributed by atoms with Gasteiger partial charge in [-0.15, -0.1) is 5.16 Å². The van der Waals surface area contributed by atoms with Gasteiger partial charge in [-0.05, 0) is 18.6 Å². The van der Waals surface area contributed by atoms with E-state index in [4.69, 9.17) is 5.21 Å². The molecule has 3 heteroatoms. The SMILES string of the molecule is Cc1ccc(C/C=N/O)cn1. The second-order valence-electron chi connectivity index (χ2n) is 2.31. The summed E-state index contributed by atoms with van der Waals surface area (Å²) in [5.41, 5.74) is 2.04. The zero-order valence-electron chi connectivity index (χ0n) is 6.36. The number of hydrogen-bond donors (Lipinski definition) is 1. The molecule has 0 fully saturated rings. The molecule has 0 spiro atoms. The molecule has 0 saturated carbocycles. The molecular weight excluding hydrogens is 140 g/mol. The molecule has 0 atom stereocenters. The lowest BCUT2D eigenvalue weighted by Gasteiger charge is -1.94. The van der Waals surface area contributed by atoms with E-state index in [1.165, 1.54) is 6.21 Å². The minimum atomic E-state index is 0.629. The first-order chi connectivity index (χ1) is 5.33. The van der Waals surface area contributed by atoms with Gasteiger partial charge in [-0.1, -0.05) is 6.07 Å². The van der Waals surface area contributed by atoms with E-state index in [1.54, 1.807) is 6.20 Å². The number of hydrogen-bond acceptors (Lipinski definition) is 3. The van der Waals surface area contributed by atoms with Gasteiger partial charge in [0.2, 0.25) is 0 Å². The fourth-order valence-electron chi connectivity index (χ4n) is 0.765. The van der Waals surface area contributed by atoms with E-state index in [0.717, 1.165) is 11.3 Å². The van der Waals surface area contributed by atoms with Crippen LogP contribution in [0, 0.1) is 6.92 Å². The van der Waals surface area contributed by atoms with E-state index < -0.39 is 0 Å². The maximum atomic E-state index is 8.13. The zero-order valence-corrected chi connectivity index (χ0v) is 6.36. The summed E-state index contributed by atoms with van der Waals surface area (Å²) in [4.78, 5) is 4.09. The molecule has 1 aromatic heterocycles. The molecule has 1 aromatic rings. The minimum absolute atomic E-state index is 0.629. The van der Waals surface area contributed by atoms with Crippen LogP contribution < -0.4 is 0 Å². The number of aryl methyl sites for hydroxylation is 1. The summed E-state index contributed by atoms with van der Waals surface area (Å²) in [6.07, 6.45) is 3.84. The minimum Gasteiger partial charge on any atom is -0.411 e. The van der Waals surface area contributed by atoms with E-state index in [-0.39, 0.29) is 0 Å². The van der Waals surface area contributed by atoms with Crippen LogP contribution in [0.5, 0.6) is 0 Å². The van der Waals surface area contributed by atoms with Crippen molar-refractivity contribution in [2.75, 3.05) is 0 Å². The van der Waals surface area contributed by atoms with Crippen molar-refractivity contribution in [3.05, 3.63) is 29.6 Å². The average Bonchev–Trinajstić information content (AvgIpc) is 2.04. The van der Waals surface area contributed by atoms with Crippen LogP contribution in [0.4, 0.5) is 0 Å². The maximum absolute atomic E-state index is 8.13. The third-order valence-electron chi connectivity index (χ3n) is 1.38. The number of aromatic nitrogens is 1. The first-order valence-corrected chi connectivity index (χ1v) is 3.40. The zero-order chi connectivity index (χ0) is 8.10. The van der Waals surface area contributed by atoms with Gasteiger partial charge in [-0.3, -0.25) is 4.98 Å². The number of oxime groups is 1. The van der Waals surface area contributed by atoms with Gasteiger partial charge in [-0.2, -0.15) is 0 Å². The summed E-state index contributed by atoms with van der Waals surface area (Å²) in [6, 6.07) is 3.89. The van der Waals surface area contributed by atoms with Crippen molar-refractivity contribution < 1.29 is 5.21 Å². The predicted octanol–water partition coefficient (Wildman–Crippen LogP) is 1.39. The third-order valence-corrected chi connectivity index (χ3v) is 1.38. The van der Waals surface area contributed by atoms with Crippen LogP contribution in [0.3, 0.4) is 0 Å². The van der Waals surface area contributed by atoms with Crippen molar-refractivity contribution >= 4 is 6.21 Å². The monoisotopic (exact) mass is 150 g/mol. The van der Waals surface area contributed by atoms with Gasteiger partial charge in [0, 0.05) is 24.5 Å². The molecule has 0 bridgehead atoms. The van der Waals surface area contributed by atoms with Crippen molar-refractivity contribution in [1.29, 1.82) is 0 Å². The quantitative estimate of drug-likeness (QED) is 0.393. The first-order valence-electron chi connectivity index (χ1n) is 3.40.